The third-order valence-corrected chi connectivity index (χ3v) is 12.6. The number of aromatic amines is 2. The maximum absolute atomic E-state index is 13.3. The van der Waals surface area contributed by atoms with Gasteiger partial charge in [0.05, 0.1) is 35.0 Å². The van der Waals surface area contributed by atoms with Crippen molar-refractivity contribution in [2.24, 2.45) is 35.2 Å². The average molecular weight is 1110 g/mol. The molecule has 7 heterocycles. The van der Waals surface area contributed by atoms with Crippen molar-refractivity contribution in [3.05, 3.63) is 128 Å². The highest BCUT2D eigenvalue weighted by Gasteiger charge is 2.29. The molecule has 8 rings (SSSR count). The molecule has 0 radical (unpaired) electrons. The molecular formula is C52H58N18O11. The minimum atomic E-state index is -0.734. The van der Waals surface area contributed by atoms with E-state index in [0.29, 0.717) is 34.1 Å². The molecule has 0 atom stereocenters. The van der Waals surface area contributed by atoms with Crippen LogP contribution in [0, 0.1) is 13.8 Å². The lowest BCUT2D eigenvalue weighted by molar-refractivity contribution is -0.138. The van der Waals surface area contributed by atoms with Crippen LogP contribution in [-0.2, 0) is 59.2 Å². The molecule has 7 amide bonds. The summed E-state index contributed by atoms with van der Waals surface area (Å²) in [6, 6.07) is 8.27. The third kappa shape index (κ3) is 13.5. The molecule has 1 aromatic carbocycles. The van der Waals surface area contributed by atoms with Gasteiger partial charge in [-0.2, -0.15) is 0 Å². The first-order valence-corrected chi connectivity index (χ1v) is 25.0. The van der Waals surface area contributed by atoms with Crippen LogP contribution in [0.25, 0.3) is 6.08 Å². The second-order valence-corrected chi connectivity index (χ2v) is 18.9. The fourth-order valence-corrected chi connectivity index (χ4v) is 8.58. The van der Waals surface area contributed by atoms with Crippen molar-refractivity contribution < 1.29 is 43.1 Å². The number of anilines is 9. The molecule has 7 aromatic rings. The van der Waals surface area contributed by atoms with Crippen LogP contribution in [0.2, 0.25) is 0 Å². The summed E-state index contributed by atoms with van der Waals surface area (Å²) in [4.78, 5) is 142. The topological polar surface area (TPSA) is 361 Å². The van der Waals surface area contributed by atoms with Crippen LogP contribution in [0.4, 0.5) is 51.6 Å². The normalized spacial score (nSPS) is 11.5. The van der Waals surface area contributed by atoms with Gasteiger partial charge in [-0.15, -0.1) is 0 Å². The van der Waals surface area contributed by atoms with Crippen LogP contribution < -0.4 is 58.7 Å². The van der Waals surface area contributed by atoms with Crippen molar-refractivity contribution in [3.8, 4) is 0 Å². The number of hydrogen-bond acceptors (Lipinski definition) is 15. The molecular weight excluding hydrogens is 1050 g/mol. The number of nitrogens with zero attached hydrogens (tertiary/aromatic N) is 8. The zero-order valence-corrected chi connectivity index (χ0v) is 45.2. The smallest absolute Gasteiger partial charge is 0.330 e. The van der Waals surface area contributed by atoms with E-state index in [2.05, 4.69) is 62.5 Å². The second-order valence-electron chi connectivity index (χ2n) is 18.9. The van der Waals surface area contributed by atoms with Gasteiger partial charge in [-0.3, -0.25) is 48.3 Å². The summed E-state index contributed by atoms with van der Waals surface area (Å²) < 4.78 is 12.9. The molecule has 29 heteroatoms. The third-order valence-electron chi connectivity index (χ3n) is 12.6. The number of benzene rings is 1. The number of amides is 7. The zero-order chi connectivity index (χ0) is 58.4. The van der Waals surface area contributed by atoms with Crippen molar-refractivity contribution in [2.75, 3.05) is 63.0 Å². The molecule has 1 aliphatic rings. The summed E-state index contributed by atoms with van der Waals surface area (Å²) in [5.74, 6) is -3.53. The molecule has 0 fully saturated rings. The first-order chi connectivity index (χ1) is 38.5. The van der Waals surface area contributed by atoms with Crippen molar-refractivity contribution >= 4 is 105 Å². The van der Waals surface area contributed by atoms with Crippen LogP contribution in [0.15, 0.2) is 77.0 Å². The van der Waals surface area contributed by atoms with Crippen molar-refractivity contribution in [1.29, 1.82) is 0 Å². The molecule has 0 saturated heterocycles. The zero-order valence-electron chi connectivity index (χ0n) is 45.2. The monoisotopic (exact) mass is 1110 g/mol. The maximum atomic E-state index is 13.3. The number of ether oxygens (including phenoxy) is 1. The van der Waals surface area contributed by atoms with Crippen LogP contribution in [0.3, 0.4) is 0 Å². The van der Waals surface area contributed by atoms with Crippen LogP contribution >= 0.6 is 0 Å². The van der Waals surface area contributed by atoms with Gasteiger partial charge in [-0.25, -0.2) is 19.6 Å². The Bertz CT molecular complexity index is 3830. The quantitative estimate of drug-likeness (QED) is 0.0298. The maximum Gasteiger partial charge on any atom is 0.330 e. The highest BCUT2D eigenvalue weighted by molar-refractivity contribution is 6.07. The molecule has 0 unspecified atom stereocenters. The minimum absolute atomic E-state index is 0.00809. The SMILES string of the molecule is CC(=O)Nc1cn(C)c(C(=O)Nc2cc(C(=O)Nc3cc(C(=O)NCCCC(=O)Nc4cn(C)c(C(=O)Nc5cc(/C=C/C(=O)OCCNC(=O)CN6c7cc(C)c(C)cc7Nc7c6[nH]c(=O)[nH]c7=O)n(C)c5)n4)n(C)c3)n(C)c2)n1. The number of fused-ring (bicyclic) bond motifs is 2. The van der Waals surface area contributed by atoms with Gasteiger partial charge < -0.3 is 75.0 Å². The molecule has 0 saturated carbocycles. The van der Waals surface area contributed by atoms with E-state index in [1.807, 2.05) is 26.0 Å². The van der Waals surface area contributed by atoms with E-state index >= 15 is 0 Å². The highest BCUT2D eigenvalue weighted by atomic mass is 16.5. The minimum Gasteiger partial charge on any atom is -0.461 e. The van der Waals surface area contributed by atoms with Gasteiger partial charge in [0.25, 0.3) is 29.2 Å². The van der Waals surface area contributed by atoms with E-state index in [0.717, 1.165) is 11.1 Å². The van der Waals surface area contributed by atoms with E-state index in [4.69, 9.17) is 4.74 Å². The number of rotatable bonds is 20. The van der Waals surface area contributed by atoms with Gasteiger partial charge in [-0.1, -0.05) is 0 Å². The van der Waals surface area contributed by atoms with Gasteiger partial charge in [0.1, 0.15) is 36.0 Å². The molecule has 0 aliphatic carbocycles. The fraction of sp³-hybridized carbons (Fsp3) is 0.269. The molecule has 0 spiro atoms. The Morgan fingerprint density at radius 1 is 0.617 bits per heavy atom. The van der Waals surface area contributed by atoms with Gasteiger partial charge in [0.15, 0.2) is 11.6 Å². The lowest BCUT2D eigenvalue weighted by Gasteiger charge is -2.32. The van der Waals surface area contributed by atoms with Crippen LogP contribution in [0.5, 0.6) is 0 Å². The molecule has 1 aliphatic heterocycles. The Kier molecular flexibility index (Phi) is 16.6. The summed E-state index contributed by atoms with van der Waals surface area (Å²) >= 11 is 0. The molecule has 81 heavy (non-hydrogen) atoms. The number of carbonyl (C=O) groups excluding carboxylic acids is 8. The van der Waals surface area contributed by atoms with E-state index in [9.17, 15) is 47.9 Å². The second kappa shape index (κ2) is 23.9. The highest BCUT2D eigenvalue weighted by Crippen LogP contribution is 2.41. The number of aryl methyl sites for hydroxylation is 7. The Balaban J connectivity index is 0.741. The van der Waals surface area contributed by atoms with E-state index in [1.165, 1.54) is 66.8 Å². The number of carbonyl (C=O) groups is 8. The summed E-state index contributed by atoms with van der Waals surface area (Å²) in [6.07, 6.45) is 10.6. The molecule has 29 nitrogen and oxygen atoms in total. The van der Waals surface area contributed by atoms with Crippen molar-refractivity contribution in [1.82, 2.24) is 53.4 Å². The van der Waals surface area contributed by atoms with Gasteiger partial charge in [-0.05, 0) is 67.8 Å². The number of hydrogen-bond donors (Lipinski definition) is 10. The number of imidazole rings is 2. The molecule has 10 N–H and O–H groups in total. The van der Waals surface area contributed by atoms with Gasteiger partial charge >= 0.3 is 11.7 Å². The molecule has 0 bridgehead atoms. The van der Waals surface area contributed by atoms with Crippen LogP contribution in [-0.4, -0.2) is 116 Å². The number of esters is 1. The lowest BCUT2D eigenvalue weighted by atomic mass is 10.0. The number of H-pyrrole nitrogens is 2. The van der Waals surface area contributed by atoms with E-state index < -0.39 is 52.7 Å². The van der Waals surface area contributed by atoms with Gasteiger partial charge in [0, 0.05) is 97.9 Å². The summed E-state index contributed by atoms with van der Waals surface area (Å²) in [5.41, 5.74) is 3.76. The van der Waals surface area contributed by atoms with E-state index in [-0.39, 0.29) is 91.2 Å². The Morgan fingerprint density at radius 2 is 1.20 bits per heavy atom. The van der Waals surface area contributed by atoms with Crippen molar-refractivity contribution in [2.45, 2.75) is 33.6 Å². The van der Waals surface area contributed by atoms with E-state index in [1.54, 1.807) is 64.5 Å². The predicted octanol–water partition coefficient (Wildman–Crippen LogP) is 2.59. The Labute approximate surface area is 460 Å². The predicted molar refractivity (Wildman–Crippen MR) is 298 cm³/mol. The first kappa shape index (κ1) is 56.5. The standard InChI is InChI=1S/C52H58N18O11/c1-27-16-34-35(17-28(27)2)70(44-43(59-34)49(77)64-52(80)63-44)26-41(73)53-14-15-81-42(74)12-11-33-18-30(21-65(33)4)57-50(78)46-62-39(25-69(46)8)60-40(72)10-9-13-54-47(75)36-19-31(22-66(36)5)56-48(76)37-20-32(23-67(37)6)58-51(79)45-61-38(24-68(45)7)55-29(3)71/h11-12,16-25,59H,9-10,13-15,26H2,1-8H3,(H,53,73)(H,54,75)(H,55,71)(H,56,76)(H,57,78)(H,58,79)(H,60,72)(H2,63,64,77,80)/b12-11+. The average Bonchev–Trinajstić information content (AvgIpc) is 4.41. The van der Waals surface area contributed by atoms with Crippen molar-refractivity contribution in [3.63, 3.8) is 0 Å². The summed E-state index contributed by atoms with van der Waals surface area (Å²) in [6.45, 7) is 4.82. The van der Waals surface area contributed by atoms with Crippen LogP contribution in [0.1, 0.15) is 78.8 Å². The molecule has 6 aromatic heterocycles. The number of aromatic nitrogens is 9. The molecule has 422 valence electrons. The first-order valence-electron chi connectivity index (χ1n) is 25.0. The Morgan fingerprint density at radius 3 is 1.84 bits per heavy atom. The number of nitrogens with one attached hydrogen (secondary N) is 10. The van der Waals surface area contributed by atoms with Gasteiger partial charge in [0.2, 0.25) is 29.4 Å². The summed E-state index contributed by atoms with van der Waals surface area (Å²) in [7, 11) is 8.14. The Hall–Kier alpha value is -10.7. The largest absolute Gasteiger partial charge is 0.461 e. The fourth-order valence-electron chi connectivity index (χ4n) is 8.58. The summed E-state index contributed by atoms with van der Waals surface area (Å²) in [5, 5.41) is 21.9. The lowest BCUT2D eigenvalue weighted by Crippen LogP contribution is -2.40.